The molecule has 0 radical (unpaired) electrons. The summed E-state index contributed by atoms with van der Waals surface area (Å²) in [5, 5.41) is 15.8. The SMILES string of the molecule is CC(NC(=O)CCn1ccc(C(=O)O)n1)C1CC2CCC1C2. The van der Waals surface area contributed by atoms with Gasteiger partial charge in [-0.25, -0.2) is 4.79 Å². The molecule has 1 aromatic rings. The molecule has 2 aliphatic carbocycles. The summed E-state index contributed by atoms with van der Waals surface area (Å²) >= 11 is 0. The quantitative estimate of drug-likeness (QED) is 0.841. The fraction of sp³-hybridized carbons (Fsp3) is 0.688. The van der Waals surface area contributed by atoms with Crippen LogP contribution in [0.1, 0.15) is 49.5 Å². The third-order valence-electron chi connectivity index (χ3n) is 5.25. The first-order valence-electron chi connectivity index (χ1n) is 8.09. The Balaban J connectivity index is 1.45. The molecule has 6 heteroatoms. The summed E-state index contributed by atoms with van der Waals surface area (Å²) in [4.78, 5) is 22.8. The van der Waals surface area contributed by atoms with E-state index in [0.29, 0.717) is 18.9 Å². The predicted molar refractivity (Wildman–Crippen MR) is 80.3 cm³/mol. The minimum atomic E-state index is -1.05. The molecule has 1 aromatic heterocycles. The lowest BCUT2D eigenvalue weighted by molar-refractivity contribution is -0.122. The summed E-state index contributed by atoms with van der Waals surface area (Å²) in [6.07, 6.45) is 7.21. The van der Waals surface area contributed by atoms with Crippen molar-refractivity contribution in [2.75, 3.05) is 0 Å². The van der Waals surface area contributed by atoms with Gasteiger partial charge in [0.15, 0.2) is 5.69 Å². The lowest BCUT2D eigenvalue weighted by Gasteiger charge is -2.28. The number of aromatic nitrogens is 2. The van der Waals surface area contributed by atoms with Gasteiger partial charge in [-0.3, -0.25) is 9.48 Å². The molecule has 22 heavy (non-hydrogen) atoms. The van der Waals surface area contributed by atoms with Crippen LogP contribution in [-0.4, -0.2) is 32.8 Å². The maximum absolute atomic E-state index is 12.1. The number of aromatic carboxylic acids is 1. The van der Waals surface area contributed by atoms with Crippen molar-refractivity contribution >= 4 is 11.9 Å². The number of carboxylic acid groups (broad SMARTS) is 1. The first-order chi connectivity index (χ1) is 10.5. The van der Waals surface area contributed by atoms with Crippen LogP contribution in [0.25, 0.3) is 0 Å². The molecule has 2 aliphatic rings. The van der Waals surface area contributed by atoms with E-state index >= 15 is 0 Å². The van der Waals surface area contributed by atoms with E-state index in [4.69, 9.17) is 5.11 Å². The maximum Gasteiger partial charge on any atom is 0.356 e. The molecule has 4 atom stereocenters. The topological polar surface area (TPSA) is 84.2 Å². The van der Waals surface area contributed by atoms with Crippen LogP contribution in [0.3, 0.4) is 0 Å². The molecule has 1 amide bonds. The fourth-order valence-electron chi connectivity index (χ4n) is 4.16. The predicted octanol–water partition coefficient (Wildman–Crippen LogP) is 1.91. The van der Waals surface area contributed by atoms with Gasteiger partial charge >= 0.3 is 5.97 Å². The van der Waals surface area contributed by atoms with Crippen LogP contribution >= 0.6 is 0 Å². The van der Waals surface area contributed by atoms with Crippen molar-refractivity contribution in [3.05, 3.63) is 18.0 Å². The molecule has 2 bridgehead atoms. The van der Waals surface area contributed by atoms with E-state index in [9.17, 15) is 9.59 Å². The number of aryl methyl sites for hydroxylation is 1. The minimum Gasteiger partial charge on any atom is -0.476 e. The van der Waals surface area contributed by atoms with Crippen molar-refractivity contribution in [2.24, 2.45) is 17.8 Å². The molecule has 120 valence electrons. The second-order valence-corrected chi connectivity index (χ2v) is 6.71. The van der Waals surface area contributed by atoms with Gasteiger partial charge in [-0.05, 0) is 50.0 Å². The van der Waals surface area contributed by atoms with E-state index in [2.05, 4.69) is 17.3 Å². The molecule has 6 nitrogen and oxygen atoms in total. The monoisotopic (exact) mass is 305 g/mol. The number of hydrogen-bond acceptors (Lipinski definition) is 3. The number of fused-ring (bicyclic) bond motifs is 2. The van der Waals surface area contributed by atoms with E-state index in [1.165, 1.54) is 36.4 Å². The molecule has 0 spiro atoms. The first-order valence-corrected chi connectivity index (χ1v) is 8.09. The zero-order valence-corrected chi connectivity index (χ0v) is 12.9. The minimum absolute atomic E-state index is 0.00996. The number of nitrogens with one attached hydrogen (secondary N) is 1. The molecular formula is C16H23N3O3. The summed E-state index contributed by atoms with van der Waals surface area (Å²) < 4.78 is 1.51. The molecule has 2 fully saturated rings. The summed E-state index contributed by atoms with van der Waals surface area (Å²) in [6, 6.07) is 1.67. The number of amides is 1. The van der Waals surface area contributed by atoms with E-state index in [1.807, 2.05) is 0 Å². The Labute approximate surface area is 129 Å². The second-order valence-electron chi connectivity index (χ2n) is 6.71. The van der Waals surface area contributed by atoms with Crippen molar-refractivity contribution < 1.29 is 14.7 Å². The normalized spacial score (nSPS) is 27.8. The smallest absolute Gasteiger partial charge is 0.356 e. The van der Waals surface area contributed by atoms with Gasteiger partial charge in [0.2, 0.25) is 5.91 Å². The van der Waals surface area contributed by atoms with E-state index in [1.54, 1.807) is 6.20 Å². The molecule has 4 unspecified atom stereocenters. The van der Waals surface area contributed by atoms with Gasteiger partial charge in [-0.15, -0.1) is 0 Å². The average molecular weight is 305 g/mol. The standard InChI is InChI=1S/C16H23N3O3/c1-10(13-9-11-2-3-12(13)8-11)17-15(20)5-7-19-6-4-14(18-19)16(21)22/h4,6,10-13H,2-3,5,7-9H2,1H3,(H,17,20)(H,21,22). The van der Waals surface area contributed by atoms with Crippen molar-refractivity contribution in [1.82, 2.24) is 15.1 Å². The van der Waals surface area contributed by atoms with E-state index in [-0.39, 0.29) is 17.6 Å². The molecule has 1 heterocycles. The number of rotatable bonds is 6. The van der Waals surface area contributed by atoms with Crippen LogP contribution in [0.4, 0.5) is 0 Å². The lowest BCUT2D eigenvalue weighted by atomic mass is 9.84. The highest BCUT2D eigenvalue weighted by Crippen LogP contribution is 2.49. The Morgan fingerprint density at radius 3 is 2.86 bits per heavy atom. The van der Waals surface area contributed by atoms with Crippen LogP contribution in [0, 0.1) is 17.8 Å². The largest absolute Gasteiger partial charge is 0.476 e. The van der Waals surface area contributed by atoms with Gasteiger partial charge in [0.1, 0.15) is 0 Å². The number of carboxylic acids is 1. The highest BCUT2D eigenvalue weighted by atomic mass is 16.4. The average Bonchev–Trinajstić information content (AvgIpc) is 3.20. The Hall–Kier alpha value is -1.85. The zero-order valence-electron chi connectivity index (χ0n) is 12.9. The van der Waals surface area contributed by atoms with Gasteiger partial charge in [0.25, 0.3) is 0 Å². The van der Waals surface area contributed by atoms with Gasteiger partial charge < -0.3 is 10.4 Å². The van der Waals surface area contributed by atoms with Gasteiger partial charge in [0.05, 0.1) is 0 Å². The van der Waals surface area contributed by atoms with Gasteiger partial charge in [0, 0.05) is 25.2 Å². The van der Waals surface area contributed by atoms with E-state index < -0.39 is 5.97 Å². The Morgan fingerprint density at radius 2 is 2.27 bits per heavy atom. The summed E-state index contributed by atoms with van der Waals surface area (Å²) in [7, 11) is 0. The first kappa shape index (κ1) is 15.1. The van der Waals surface area contributed by atoms with Crippen LogP contribution in [0.15, 0.2) is 12.3 Å². The summed E-state index contributed by atoms with van der Waals surface area (Å²) in [5.41, 5.74) is 0.00996. The van der Waals surface area contributed by atoms with Crippen LogP contribution in [-0.2, 0) is 11.3 Å². The third kappa shape index (κ3) is 3.15. The summed E-state index contributed by atoms with van der Waals surface area (Å²) in [6.45, 7) is 2.52. The highest BCUT2D eigenvalue weighted by molar-refractivity contribution is 5.85. The zero-order chi connectivity index (χ0) is 15.7. The van der Waals surface area contributed by atoms with Crippen molar-refractivity contribution in [2.45, 2.75) is 51.6 Å². The lowest BCUT2D eigenvalue weighted by Crippen LogP contribution is -2.40. The van der Waals surface area contributed by atoms with E-state index in [0.717, 1.165) is 11.8 Å². The highest BCUT2D eigenvalue weighted by Gasteiger charge is 2.42. The van der Waals surface area contributed by atoms with Crippen molar-refractivity contribution in [1.29, 1.82) is 0 Å². The Morgan fingerprint density at radius 1 is 1.45 bits per heavy atom. The number of nitrogens with zero attached hydrogens (tertiary/aromatic N) is 2. The molecule has 0 saturated heterocycles. The molecular weight excluding hydrogens is 282 g/mol. The number of hydrogen-bond donors (Lipinski definition) is 2. The molecule has 2 saturated carbocycles. The number of carbonyl (C=O) groups excluding carboxylic acids is 1. The van der Waals surface area contributed by atoms with Crippen LogP contribution in [0.2, 0.25) is 0 Å². The summed E-state index contributed by atoms with van der Waals surface area (Å²) in [5.74, 6) is 1.28. The van der Waals surface area contributed by atoms with Crippen LogP contribution in [0.5, 0.6) is 0 Å². The second kappa shape index (κ2) is 6.10. The molecule has 3 rings (SSSR count). The molecule has 0 aromatic carbocycles. The number of carbonyl (C=O) groups is 2. The van der Waals surface area contributed by atoms with Gasteiger partial charge in [-0.2, -0.15) is 5.10 Å². The van der Waals surface area contributed by atoms with Crippen molar-refractivity contribution in [3.8, 4) is 0 Å². The third-order valence-corrected chi connectivity index (χ3v) is 5.25. The van der Waals surface area contributed by atoms with Gasteiger partial charge in [-0.1, -0.05) is 6.42 Å². The fourth-order valence-corrected chi connectivity index (χ4v) is 4.16. The molecule has 2 N–H and O–H groups in total. The molecule has 0 aliphatic heterocycles. The Kier molecular flexibility index (Phi) is 4.18. The Bertz CT molecular complexity index is 569. The van der Waals surface area contributed by atoms with Crippen molar-refractivity contribution in [3.63, 3.8) is 0 Å². The maximum atomic E-state index is 12.1. The van der Waals surface area contributed by atoms with Crippen LogP contribution < -0.4 is 5.32 Å².